The van der Waals surface area contributed by atoms with Crippen LogP contribution in [0.3, 0.4) is 0 Å². The molecule has 1 amide bonds. The van der Waals surface area contributed by atoms with Crippen molar-refractivity contribution >= 4 is 18.0 Å². The first-order valence-corrected chi connectivity index (χ1v) is 4.76. The normalized spacial score (nSPS) is 11.4. The number of hydrogen-bond acceptors (Lipinski definition) is 5. The quantitative estimate of drug-likeness (QED) is 0.632. The van der Waals surface area contributed by atoms with Gasteiger partial charge in [0.15, 0.2) is 0 Å². The minimum Gasteiger partial charge on any atom is -0.480 e. The van der Waals surface area contributed by atoms with Gasteiger partial charge in [0.1, 0.15) is 6.04 Å². The number of ether oxygens (including phenoxy) is 2. The standard InChI is InChI=1S/C9H15NO6/c1-3-15-9(14)10-7(8(12)13)4-5-16-6(2)11/h7H,3-5H2,1-2H3,(H,10,14)(H,12,13)/t7-/m0/s1. The van der Waals surface area contributed by atoms with Crippen LogP contribution in [0.4, 0.5) is 4.79 Å². The van der Waals surface area contributed by atoms with Crippen LogP contribution in [-0.2, 0) is 19.1 Å². The van der Waals surface area contributed by atoms with Gasteiger partial charge in [0.05, 0.1) is 13.2 Å². The molecule has 0 heterocycles. The van der Waals surface area contributed by atoms with Crippen LogP contribution in [0.1, 0.15) is 20.3 Å². The van der Waals surface area contributed by atoms with Crippen LogP contribution in [-0.4, -0.2) is 42.4 Å². The summed E-state index contributed by atoms with van der Waals surface area (Å²) < 4.78 is 9.10. The zero-order valence-electron chi connectivity index (χ0n) is 9.19. The van der Waals surface area contributed by atoms with Crippen LogP contribution in [0.15, 0.2) is 0 Å². The fourth-order valence-electron chi connectivity index (χ4n) is 0.893. The molecule has 0 radical (unpaired) electrons. The topological polar surface area (TPSA) is 102 Å². The zero-order chi connectivity index (χ0) is 12.6. The Morgan fingerprint density at radius 3 is 2.38 bits per heavy atom. The molecule has 0 aromatic heterocycles. The van der Waals surface area contributed by atoms with E-state index >= 15 is 0 Å². The van der Waals surface area contributed by atoms with E-state index in [1.54, 1.807) is 6.92 Å². The van der Waals surface area contributed by atoms with Gasteiger partial charge < -0.3 is 19.9 Å². The van der Waals surface area contributed by atoms with Gasteiger partial charge in [-0.3, -0.25) is 4.79 Å². The molecule has 0 fully saturated rings. The highest BCUT2D eigenvalue weighted by Crippen LogP contribution is 1.95. The fourth-order valence-corrected chi connectivity index (χ4v) is 0.893. The summed E-state index contributed by atoms with van der Waals surface area (Å²) in [5.74, 6) is -1.71. The molecular formula is C9H15NO6. The van der Waals surface area contributed by atoms with E-state index in [1.807, 2.05) is 0 Å². The molecule has 2 N–H and O–H groups in total. The third kappa shape index (κ3) is 6.63. The van der Waals surface area contributed by atoms with E-state index in [0.29, 0.717) is 0 Å². The molecule has 0 bridgehead atoms. The lowest BCUT2D eigenvalue weighted by Crippen LogP contribution is -2.41. The Kier molecular flexibility index (Phi) is 6.66. The molecule has 0 aromatic rings. The van der Waals surface area contributed by atoms with E-state index in [4.69, 9.17) is 5.11 Å². The first-order chi connectivity index (χ1) is 7.47. The molecule has 7 nitrogen and oxygen atoms in total. The Labute approximate surface area is 92.7 Å². The minimum absolute atomic E-state index is 0.00622. The van der Waals surface area contributed by atoms with Crippen LogP contribution in [0.2, 0.25) is 0 Å². The Morgan fingerprint density at radius 1 is 1.31 bits per heavy atom. The minimum atomic E-state index is -1.21. The van der Waals surface area contributed by atoms with E-state index in [-0.39, 0.29) is 19.6 Å². The first kappa shape index (κ1) is 14.2. The van der Waals surface area contributed by atoms with Crippen molar-refractivity contribution in [1.29, 1.82) is 0 Å². The zero-order valence-corrected chi connectivity index (χ0v) is 9.19. The molecule has 92 valence electrons. The van der Waals surface area contributed by atoms with E-state index in [2.05, 4.69) is 14.8 Å². The molecule has 0 aliphatic carbocycles. The number of nitrogens with one attached hydrogen (secondary N) is 1. The SMILES string of the molecule is CCOC(=O)N[C@@H](CCOC(C)=O)C(=O)O. The summed E-state index contributed by atoms with van der Waals surface area (Å²) >= 11 is 0. The van der Waals surface area contributed by atoms with Crippen molar-refractivity contribution in [2.75, 3.05) is 13.2 Å². The van der Waals surface area contributed by atoms with Crippen LogP contribution >= 0.6 is 0 Å². The van der Waals surface area contributed by atoms with Crippen molar-refractivity contribution < 1.29 is 29.0 Å². The third-order valence-electron chi connectivity index (χ3n) is 1.58. The van der Waals surface area contributed by atoms with Gasteiger partial charge >= 0.3 is 18.0 Å². The molecule has 0 spiro atoms. The lowest BCUT2D eigenvalue weighted by molar-refractivity contribution is -0.144. The van der Waals surface area contributed by atoms with E-state index in [9.17, 15) is 14.4 Å². The summed E-state index contributed by atoms with van der Waals surface area (Å²) in [6, 6.07) is -1.13. The summed E-state index contributed by atoms with van der Waals surface area (Å²) in [4.78, 5) is 32.1. The highest BCUT2D eigenvalue weighted by atomic mass is 16.5. The molecule has 16 heavy (non-hydrogen) atoms. The first-order valence-electron chi connectivity index (χ1n) is 4.76. The number of carboxylic acid groups (broad SMARTS) is 1. The van der Waals surface area contributed by atoms with E-state index < -0.39 is 24.1 Å². The smallest absolute Gasteiger partial charge is 0.407 e. The average molecular weight is 233 g/mol. The van der Waals surface area contributed by atoms with Crippen molar-refractivity contribution in [3.05, 3.63) is 0 Å². The third-order valence-corrected chi connectivity index (χ3v) is 1.58. The summed E-state index contributed by atoms with van der Waals surface area (Å²) in [5.41, 5.74) is 0. The molecule has 0 saturated carbocycles. The maximum atomic E-state index is 11.0. The maximum Gasteiger partial charge on any atom is 0.407 e. The molecule has 1 atom stereocenters. The molecular weight excluding hydrogens is 218 g/mol. The lowest BCUT2D eigenvalue weighted by atomic mass is 10.2. The van der Waals surface area contributed by atoms with Gasteiger partial charge in [0.25, 0.3) is 0 Å². The van der Waals surface area contributed by atoms with Gasteiger partial charge in [-0.05, 0) is 6.92 Å². The van der Waals surface area contributed by atoms with Gasteiger partial charge in [-0.25, -0.2) is 9.59 Å². The number of carboxylic acids is 1. The molecule has 7 heteroatoms. The highest BCUT2D eigenvalue weighted by molar-refractivity contribution is 5.79. The maximum absolute atomic E-state index is 11.0. The molecule has 0 saturated heterocycles. The number of esters is 1. The molecule has 0 rings (SSSR count). The number of aliphatic carboxylic acids is 1. The molecule has 0 aliphatic heterocycles. The molecule has 0 unspecified atom stereocenters. The number of carbonyl (C=O) groups is 3. The van der Waals surface area contributed by atoms with Crippen molar-refractivity contribution in [3.8, 4) is 0 Å². The van der Waals surface area contributed by atoms with Crippen LogP contribution in [0, 0.1) is 0 Å². The summed E-state index contributed by atoms with van der Waals surface area (Å²) in [7, 11) is 0. The van der Waals surface area contributed by atoms with Gasteiger partial charge in [-0.2, -0.15) is 0 Å². The number of hydrogen-bond donors (Lipinski definition) is 2. The largest absolute Gasteiger partial charge is 0.480 e. The number of alkyl carbamates (subject to hydrolysis) is 1. The summed E-state index contributed by atoms with van der Waals surface area (Å²) in [6.45, 7) is 2.91. The lowest BCUT2D eigenvalue weighted by Gasteiger charge is -2.13. The highest BCUT2D eigenvalue weighted by Gasteiger charge is 2.20. The Bertz CT molecular complexity index is 265. The van der Waals surface area contributed by atoms with Gasteiger partial charge in [0.2, 0.25) is 0 Å². The van der Waals surface area contributed by atoms with Crippen LogP contribution in [0.25, 0.3) is 0 Å². The fraction of sp³-hybridized carbons (Fsp3) is 0.667. The second kappa shape index (κ2) is 7.49. The summed E-state index contributed by atoms with van der Waals surface area (Å²) in [5, 5.41) is 10.9. The number of rotatable bonds is 6. The number of amides is 1. The van der Waals surface area contributed by atoms with E-state index in [0.717, 1.165) is 0 Å². The van der Waals surface area contributed by atoms with E-state index in [1.165, 1.54) is 6.92 Å². The molecule has 0 aliphatic rings. The Morgan fingerprint density at radius 2 is 1.94 bits per heavy atom. The Hall–Kier alpha value is -1.79. The van der Waals surface area contributed by atoms with Crippen molar-refractivity contribution in [3.63, 3.8) is 0 Å². The molecule has 0 aromatic carbocycles. The van der Waals surface area contributed by atoms with Crippen molar-refractivity contribution in [2.45, 2.75) is 26.3 Å². The van der Waals surface area contributed by atoms with Gasteiger partial charge in [0, 0.05) is 13.3 Å². The van der Waals surface area contributed by atoms with Crippen LogP contribution < -0.4 is 5.32 Å². The summed E-state index contributed by atoms with van der Waals surface area (Å²) in [6.07, 6.45) is -0.814. The van der Waals surface area contributed by atoms with Crippen molar-refractivity contribution in [2.24, 2.45) is 0 Å². The average Bonchev–Trinajstić information content (AvgIpc) is 2.15. The Balaban J connectivity index is 4.02. The predicted octanol–water partition coefficient (Wildman–Crippen LogP) is 0.139. The van der Waals surface area contributed by atoms with Crippen LogP contribution in [0.5, 0.6) is 0 Å². The second-order valence-electron chi connectivity index (χ2n) is 2.88. The predicted molar refractivity (Wildman–Crippen MR) is 52.8 cm³/mol. The van der Waals surface area contributed by atoms with Gasteiger partial charge in [-0.1, -0.05) is 0 Å². The van der Waals surface area contributed by atoms with Crippen molar-refractivity contribution in [1.82, 2.24) is 5.32 Å². The number of carbonyl (C=O) groups excluding carboxylic acids is 2. The van der Waals surface area contributed by atoms with Gasteiger partial charge in [-0.15, -0.1) is 0 Å². The second-order valence-corrected chi connectivity index (χ2v) is 2.88. The monoisotopic (exact) mass is 233 g/mol.